The molecule has 1 aromatic rings. The van der Waals surface area contributed by atoms with E-state index >= 15 is 0 Å². The highest BCUT2D eigenvalue weighted by Gasteiger charge is 1.74. The van der Waals surface area contributed by atoms with Crippen molar-refractivity contribution in [2.75, 3.05) is 0 Å². The Hall–Kier alpha value is 0.390. The van der Waals surface area contributed by atoms with E-state index in [1.807, 2.05) is 0 Å². The molecule has 3 N–H and O–H groups in total. The largest absolute Gasteiger partial charge is 0.344 e. The Morgan fingerprint density at radius 1 is 1.50 bits per heavy atom. The quantitative estimate of drug-likeness (QED) is 0.698. The zero-order valence-electron chi connectivity index (χ0n) is 4.76. The molecule has 0 radical (unpaired) electrons. The van der Waals surface area contributed by atoms with E-state index in [1.165, 1.54) is 5.56 Å². The van der Waals surface area contributed by atoms with Crippen molar-refractivity contribution < 1.29 is 0 Å². The van der Waals surface area contributed by atoms with Crippen LogP contribution in [0.5, 0.6) is 0 Å². The smallest absolute Gasteiger partial charge is 0.00641 e. The SMILES string of the molecule is Cc1ccsc1.I.N. The Morgan fingerprint density at radius 3 is 2.25 bits per heavy atom. The summed E-state index contributed by atoms with van der Waals surface area (Å²) in [6.45, 7) is 2.09. The van der Waals surface area contributed by atoms with Crippen LogP contribution in [0.1, 0.15) is 5.56 Å². The van der Waals surface area contributed by atoms with Crippen molar-refractivity contribution in [2.24, 2.45) is 0 Å². The van der Waals surface area contributed by atoms with Crippen LogP contribution >= 0.6 is 35.3 Å². The van der Waals surface area contributed by atoms with Crippen molar-refractivity contribution in [1.29, 1.82) is 0 Å². The highest BCUT2D eigenvalue weighted by Crippen LogP contribution is 2.01. The van der Waals surface area contributed by atoms with Crippen LogP contribution in [-0.4, -0.2) is 0 Å². The second-order valence-electron chi connectivity index (χ2n) is 1.30. The Balaban J connectivity index is 0. The Kier molecular flexibility index (Phi) is 7.75. The summed E-state index contributed by atoms with van der Waals surface area (Å²) in [7, 11) is 0. The normalized spacial score (nSPS) is 6.62. The van der Waals surface area contributed by atoms with Crippen LogP contribution in [0, 0.1) is 6.92 Å². The van der Waals surface area contributed by atoms with Crippen LogP contribution in [-0.2, 0) is 0 Å². The highest BCUT2D eigenvalue weighted by atomic mass is 127. The van der Waals surface area contributed by atoms with Crippen LogP contribution in [0.3, 0.4) is 0 Å². The monoisotopic (exact) mass is 243 g/mol. The Bertz CT molecular complexity index is 116. The van der Waals surface area contributed by atoms with Gasteiger partial charge in [-0.2, -0.15) is 11.3 Å². The van der Waals surface area contributed by atoms with Gasteiger partial charge in [-0.15, -0.1) is 24.0 Å². The fraction of sp³-hybridized carbons (Fsp3) is 0.200. The molecular formula is C5H10INS. The molecule has 1 rings (SSSR count). The van der Waals surface area contributed by atoms with Gasteiger partial charge in [0.1, 0.15) is 0 Å². The van der Waals surface area contributed by atoms with Gasteiger partial charge in [0.05, 0.1) is 0 Å². The average molecular weight is 243 g/mol. The third-order valence-electron chi connectivity index (χ3n) is 0.663. The molecule has 1 aromatic heterocycles. The number of hydrogen-bond donors (Lipinski definition) is 1. The molecule has 0 saturated carbocycles. The first-order chi connectivity index (χ1) is 2.89. The molecule has 1 heterocycles. The fourth-order valence-electron chi connectivity index (χ4n) is 0.333. The molecule has 0 amide bonds. The van der Waals surface area contributed by atoms with Crippen LogP contribution < -0.4 is 6.15 Å². The fourth-order valence-corrected chi connectivity index (χ4v) is 0.998. The summed E-state index contributed by atoms with van der Waals surface area (Å²) in [5.41, 5.74) is 1.36. The van der Waals surface area contributed by atoms with Crippen LogP contribution in [0.15, 0.2) is 16.8 Å². The molecule has 0 aliphatic heterocycles. The van der Waals surface area contributed by atoms with Crippen molar-refractivity contribution in [3.8, 4) is 0 Å². The first-order valence-electron chi connectivity index (χ1n) is 1.88. The lowest BCUT2D eigenvalue weighted by Gasteiger charge is -1.65. The Morgan fingerprint density at radius 2 is 2.12 bits per heavy atom. The van der Waals surface area contributed by atoms with E-state index in [-0.39, 0.29) is 30.1 Å². The lowest BCUT2D eigenvalue weighted by atomic mass is 10.4. The molecule has 0 aliphatic carbocycles. The topological polar surface area (TPSA) is 35.0 Å². The van der Waals surface area contributed by atoms with Gasteiger partial charge in [-0.05, 0) is 29.3 Å². The minimum absolute atomic E-state index is 0. The summed E-state index contributed by atoms with van der Waals surface area (Å²) in [5.74, 6) is 0. The zero-order valence-corrected chi connectivity index (χ0v) is 7.90. The van der Waals surface area contributed by atoms with E-state index < -0.39 is 0 Å². The predicted octanol–water partition coefficient (Wildman–Crippen LogP) is 2.84. The van der Waals surface area contributed by atoms with Gasteiger partial charge in [-0.1, -0.05) is 0 Å². The second kappa shape index (κ2) is 5.53. The molecule has 0 fully saturated rings. The van der Waals surface area contributed by atoms with Crippen molar-refractivity contribution >= 4 is 35.3 Å². The van der Waals surface area contributed by atoms with E-state index in [9.17, 15) is 0 Å². The van der Waals surface area contributed by atoms with E-state index in [1.54, 1.807) is 11.3 Å². The third-order valence-corrected chi connectivity index (χ3v) is 1.46. The summed E-state index contributed by atoms with van der Waals surface area (Å²) >= 11 is 1.74. The second-order valence-corrected chi connectivity index (χ2v) is 2.08. The maximum Gasteiger partial charge on any atom is -0.00641 e. The molecule has 48 valence electrons. The zero-order chi connectivity index (χ0) is 4.41. The summed E-state index contributed by atoms with van der Waals surface area (Å²) in [5, 5.41) is 4.20. The third kappa shape index (κ3) is 3.40. The number of halogens is 1. The van der Waals surface area contributed by atoms with Crippen LogP contribution in [0.25, 0.3) is 0 Å². The molecule has 3 heteroatoms. The lowest BCUT2D eigenvalue weighted by Crippen LogP contribution is -1.47. The molecule has 1 nitrogen and oxygen atoms in total. The van der Waals surface area contributed by atoms with Crippen LogP contribution in [0.2, 0.25) is 0 Å². The van der Waals surface area contributed by atoms with E-state index in [0.29, 0.717) is 0 Å². The van der Waals surface area contributed by atoms with Gasteiger partial charge in [-0.25, -0.2) is 0 Å². The van der Waals surface area contributed by atoms with Crippen molar-refractivity contribution in [1.82, 2.24) is 6.15 Å². The maximum atomic E-state index is 2.12. The van der Waals surface area contributed by atoms with Gasteiger partial charge in [0.25, 0.3) is 0 Å². The number of rotatable bonds is 0. The molecule has 0 saturated heterocycles. The number of hydrogen-bond acceptors (Lipinski definition) is 2. The molecule has 0 aromatic carbocycles. The maximum absolute atomic E-state index is 2.12. The molecule has 0 spiro atoms. The molecule has 0 bridgehead atoms. The minimum Gasteiger partial charge on any atom is -0.344 e. The molecular weight excluding hydrogens is 233 g/mol. The standard InChI is InChI=1S/C5H6S.HI.H3N/c1-5-2-3-6-4-5;;/h2-4H,1H3;1H;1H3. The predicted molar refractivity (Wildman–Crippen MR) is 49.5 cm³/mol. The summed E-state index contributed by atoms with van der Waals surface area (Å²) in [4.78, 5) is 0. The van der Waals surface area contributed by atoms with Gasteiger partial charge >= 0.3 is 0 Å². The summed E-state index contributed by atoms with van der Waals surface area (Å²) < 4.78 is 0. The van der Waals surface area contributed by atoms with Gasteiger partial charge < -0.3 is 6.15 Å². The van der Waals surface area contributed by atoms with E-state index in [0.717, 1.165) is 0 Å². The summed E-state index contributed by atoms with van der Waals surface area (Å²) in [6.07, 6.45) is 0. The van der Waals surface area contributed by atoms with Crippen molar-refractivity contribution in [2.45, 2.75) is 6.92 Å². The number of aryl methyl sites for hydroxylation is 1. The van der Waals surface area contributed by atoms with E-state index in [4.69, 9.17) is 0 Å². The number of thiophene rings is 1. The first kappa shape index (κ1) is 11.2. The average Bonchev–Trinajstić information content (AvgIpc) is 1.86. The first-order valence-corrected chi connectivity index (χ1v) is 2.82. The van der Waals surface area contributed by atoms with E-state index in [2.05, 4.69) is 23.8 Å². The van der Waals surface area contributed by atoms with Crippen LogP contribution in [0.4, 0.5) is 0 Å². The van der Waals surface area contributed by atoms with Gasteiger partial charge in [0, 0.05) is 0 Å². The highest BCUT2D eigenvalue weighted by molar-refractivity contribution is 14.0. The molecule has 0 atom stereocenters. The summed E-state index contributed by atoms with van der Waals surface area (Å²) in [6, 6.07) is 2.10. The molecule has 8 heavy (non-hydrogen) atoms. The minimum atomic E-state index is 0. The molecule has 0 unspecified atom stereocenters. The molecule has 0 aliphatic rings. The van der Waals surface area contributed by atoms with Gasteiger partial charge in [0.2, 0.25) is 0 Å². The van der Waals surface area contributed by atoms with Crippen molar-refractivity contribution in [3.63, 3.8) is 0 Å². The Labute approximate surface area is 70.7 Å². The van der Waals surface area contributed by atoms with Gasteiger partial charge in [0.15, 0.2) is 0 Å². The lowest BCUT2D eigenvalue weighted by molar-refractivity contribution is 1.56. The van der Waals surface area contributed by atoms with Gasteiger partial charge in [-0.3, -0.25) is 0 Å². The van der Waals surface area contributed by atoms with Crippen molar-refractivity contribution in [3.05, 3.63) is 22.4 Å².